The van der Waals surface area contributed by atoms with Gasteiger partial charge >= 0.3 is 0 Å². The van der Waals surface area contributed by atoms with Crippen LogP contribution in [0.4, 0.5) is 0 Å². The molecule has 0 spiro atoms. The molecule has 0 saturated carbocycles. The van der Waals surface area contributed by atoms with Crippen molar-refractivity contribution < 1.29 is 9.53 Å². The van der Waals surface area contributed by atoms with E-state index in [-0.39, 0.29) is 0 Å². The molecule has 0 aromatic heterocycles. The van der Waals surface area contributed by atoms with E-state index < -0.39 is 5.24 Å². The Morgan fingerprint density at radius 1 is 1.29 bits per heavy atom. The molecule has 0 unspecified atom stereocenters. The standard InChI is InChI=1S/C17H24ClNO2/c1-12-10-15(11-13(2)16(12)17(18)20)21-9-3-4-14-5-7-19-8-6-14/h10-11,14,19H,3-9H2,1-2H3. The number of nitrogens with one attached hydrogen (secondary N) is 1. The van der Waals surface area contributed by atoms with Crippen LogP contribution in [0, 0.1) is 19.8 Å². The molecular formula is C17H24ClNO2. The van der Waals surface area contributed by atoms with Gasteiger partial charge in [-0.15, -0.1) is 0 Å². The number of carbonyl (C=O) groups excluding carboxylic acids is 1. The SMILES string of the molecule is Cc1cc(OCCCC2CCNCC2)cc(C)c1C(=O)Cl. The van der Waals surface area contributed by atoms with Gasteiger partial charge in [0.15, 0.2) is 0 Å². The minimum absolute atomic E-state index is 0.401. The van der Waals surface area contributed by atoms with Crippen LogP contribution in [0.2, 0.25) is 0 Å². The Morgan fingerprint density at radius 3 is 2.48 bits per heavy atom. The maximum Gasteiger partial charge on any atom is 0.252 e. The second-order valence-corrected chi connectivity index (χ2v) is 6.23. The topological polar surface area (TPSA) is 38.3 Å². The molecule has 0 aliphatic carbocycles. The van der Waals surface area contributed by atoms with Crippen LogP contribution < -0.4 is 10.1 Å². The van der Waals surface area contributed by atoms with Crippen molar-refractivity contribution in [3.63, 3.8) is 0 Å². The van der Waals surface area contributed by atoms with Crippen LogP contribution in [0.15, 0.2) is 12.1 Å². The van der Waals surface area contributed by atoms with Crippen LogP contribution in [0.5, 0.6) is 5.75 Å². The lowest BCUT2D eigenvalue weighted by Gasteiger charge is -2.22. The molecule has 0 amide bonds. The van der Waals surface area contributed by atoms with E-state index in [2.05, 4.69) is 5.32 Å². The summed E-state index contributed by atoms with van der Waals surface area (Å²) in [6.45, 7) is 6.82. The highest BCUT2D eigenvalue weighted by atomic mass is 35.5. The van der Waals surface area contributed by atoms with E-state index in [9.17, 15) is 4.79 Å². The van der Waals surface area contributed by atoms with Crippen LogP contribution in [0.3, 0.4) is 0 Å². The van der Waals surface area contributed by atoms with E-state index >= 15 is 0 Å². The normalized spacial score (nSPS) is 16.0. The number of piperidine rings is 1. The highest BCUT2D eigenvalue weighted by Crippen LogP contribution is 2.24. The molecule has 116 valence electrons. The van der Waals surface area contributed by atoms with E-state index in [0.717, 1.165) is 48.9 Å². The minimum atomic E-state index is -0.401. The van der Waals surface area contributed by atoms with E-state index in [1.807, 2.05) is 26.0 Å². The first-order valence-corrected chi connectivity index (χ1v) is 8.10. The van der Waals surface area contributed by atoms with Crippen LogP contribution in [0.25, 0.3) is 0 Å². The first-order chi connectivity index (χ1) is 10.1. The summed E-state index contributed by atoms with van der Waals surface area (Å²) in [4.78, 5) is 11.4. The Hall–Kier alpha value is -1.06. The highest BCUT2D eigenvalue weighted by Gasteiger charge is 2.13. The molecule has 1 aromatic rings. The van der Waals surface area contributed by atoms with Crippen LogP contribution in [-0.4, -0.2) is 24.9 Å². The van der Waals surface area contributed by atoms with Gasteiger partial charge in [0.05, 0.1) is 6.61 Å². The number of aryl methyl sites for hydroxylation is 2. The zero-order valence-corrected chi connectivity index (χ0v) is 13.6. The summed E-state index contributed by atoms with van der Waals surface area (Å²) in [5.74, 6) is 1.67. The van der Waals surface area contributed by atoms with Crippen molar-refractivity contribution in [1.29, 1.82) is 0 Å². The lowest BCUT2D eigenvalue weighted by Crippen LogP contribution is -2.27. The Morgan fingerprint density at radius 2 is 1.90 bits per heavy atom. The molecule has 2 rings (SSSR count). The van der Waals surface area contributed by atoms with Gasteiger partial charge in [-0.3, -0.25) is 4.79 Å². The molecule has 1 heterocycles. The van der Waals surface area contributed by atoms with Gasteiger partial charge < -0.3 is 10.1 Å². The number of benzene rings is 1. The summed E-state index contributed by atoms with van der Waals surface area (Å²) in [5, 5.41) is 2.99. The number of rotatable bonds is 6. The highest BCUT2D eigenvalue weighted by molar-refractivity contribution is 6.68. The largest absolute Gasteiger partial charge is 0.494 e. The van der Waals surface area contributed by atoms with Crippen molar-refractivity contribution in [2.24, 2.45) is 5.92 Å². The summed E-state index contributed by atoms with van der Waals surface area (Å²) >= 11 is 5.59. The number of halogens is 1. The third-order valence-electron chi connectivity index (χ3n) is 4.19. The van der Waals surface area contributed by atoms with Gasteiger partial charge in [0.1, 0.15) is 5.75 Å². The van der Waals surface area contributed by atoms with E-state index in [1.165, 1.54) is 19.3 Å². The van der Waals surface area contributed by atoms with Gasteiger partial charge in [-0.25, -0.2) is 0 Å². The summed E-state index contributed by atoms with van der Waals surface area (Å²) in [7, 11) is 0. The predicted octanol–water partition coefficient (Wildman–Crippen LogP) is 3.84. The first kappa shape index (κ1) is 16.3. The quantitative estimate of drug-likeness (QED) is 0.641. The third-order valence-corrected chi connectivity index (χ3v) is 4.38. The number of carbonyl (C=O) groups is 1. The summed E-state index contributed by atoms with van der Waals surface area (Å²) in [5.41, 5.74) is 2.35. The molecule has 0 bridgehead atoms. The molecule has 4 heteroatoms. The van der Waals surface area contributed by atoms with Crippen molar-refractivity contribution in [2.45, 2.75) is 39.5 Å². The molecule has 1 saturated heterocycles. The van der Waals surface area contributed by atoms with Crippen molar-refractivity contribution >= 4 is 16.8 Å². The summed E-state index contributed by atoms with van der Waals surface area (Å²) in [6.07, 6.45) is 4.88. The number of ether oxygens (including phenoxy) is 1. The summed E-state index contributed by atoms with van der Waals surface area (Å²) < 4.78 is 5.82. The van der Waals surface area contributed by atoms with E-state index in [4.69, 9.17) is 16.3 Å². The van der Waals surface area contributed by atoms with Crippen molar-refractivity contribution in [2.75, 3.05) is 19.7 Å². The number of hydrogen-bond donors (Lipinski definition) is 1. The maximum atomic E-state index is 11.4. The van der Waals surface area contributed by atoms with E-state index in [1.54, 1.807) is 0 Å². The molecule has 1 N–H and O–H groups in total. The van der Waals surface area contributed by atoms with Gasteiger partial charge in [-0.1, -0.05) is 0 Å². The Kier molecular flexibility index (Phi) is 6.07. The molecule has 21 heavy (non-hydrogen) atoms. The van der Waals surface area contributed by atoms with Gasteiger partial charge in [0, 0.05) is 5.56 Å². The first-order valence-electron chi connectivity index (χ1n) is 7.72. The smallest absolute Gasteiger partial charge is 0.252 e. The zero-order chi connectivity index (χ0) is 15.2. The Bertz CT molecular complexity index is 473. The average Bonchev–Trinajstić information content (AvgIpc) is 2.43. The van der Waals surface area contributed by atoms with Gasteiger partial charge in [0.2, 0.25) is 0 Å². The lowest BCUT2D eigenvalue weighted by molar-refractivity contribution is 0.108. The molecule has 1 fully saturated rings. The minimum Gasteiger partial charge on any atom is -0.494 e. The van der Waals surface area contributed by atoms with Crippen molar-refractivity contribution in [3.8, 4) is 5.75 Å². The molecule has 3 nitrogen and oxygen atoms in total. The maximum absolute atomic E-state index is 11.4. The van der Waals surface area contributed by atoms with Crippen LogP contribution in [0.1, 0.15) is 47.2 Å². The fourth-order valence-corrected chi connectivity index (χ4v) is 3.35. The van der Waals surface area contributed by atoms with Gasteiger partial charge in [-0.2, -0.15) is 0 Å². The molecular weight excluding hydrogens is 286 g/mol. The van der Waals surface area contributed by atoms with Crippen molar-refractivity contribution in [3.05, 3.63) is 28.8 Å². The van der Waals surface area contributed by atoms with Crippen LogP contribution >= 0.6 is 11.6 Å². The molecule has 1 aromatic carbocycles. The number of hydrogen-bond acceptors (Lipinski definition) is 3. The molecule has 1 aliphatic rings. The predicted molar refractivity (Wildman–Crippen MR) is 86.4 cm³/mol. The molecule has 0 atom stereocenters. The summed E-state index contributed by atoms with van der Waals surface area (Å²) in [6, 6.07) is 3.79. The lowest BCUT2D eigenvalue weighted by atomic mass is 9.93. The third kappa shape index (κ3) is 4.72. The van der Waals surface area contributed by atoms with Crippen LogP contribution in [-0.2, 0) is 0 Å². The Balaban J connectivity index is 1.82. The fraction of sp³-hybridized carbons (Fsp3) is 0.588. The van der Waals surface area contributed by atoms with Gasteiger partial charge in [-0.05, 0) is 93.4 Å². The molecule has 1 aliphatic heterocycles. The van der Waals surface area contributed by atoms with E-state index in [0.29, 0.717) is 5.56 Å². The monoisotopic (exact) mass is 309 g/mol. The van der Waals surface area contributed by atoms with Gasteiger partial charge in [0.25, 0.3) is 5.24 Å². The average molecular weight is 310 g/mol. The zero-order valence-electron chi connectivity index (χ0n) is 12.9. The second-order valence-electron chi connectivity index (χ2n) is 5.89. The Labute approximate surface area is 132 Å². The second kappa shape index (κ2) is 7.81. The fourth-order valence-electron chi connectivity index (χ4n) is 3.05. The molecule has 0 radical (unpaired) electrons. The van der Waals surface area contributed by atoms with Crippen molar-refractivity contribution in [1.82, 2.24) is 5.32 Å².